The molecule has 90 heavy (non-hydrogen) atoms. The van der Waals surface area contributed by atoms with Crippen LogP contribution in [0.5, 0.6) is 0 Å². The number of aliphatic carboxylic acids is 1. The fourth-order valence-electron chi connectivity index (χ4n) is 9.80. The molecule has 462 valence electrons. The summed E-state index contributed by atoms with van der Waals surface area (Å²) < 4.78 is 4.69. The number of aromatic nitrogens is 4. The van der Waals surface area contributed by atoms with E-state index in [0.29, 0.717) is 86.1 Å². The first-order chi connectivity index (χ1) is 42.5. The number of amides is 4. The van der Waals surface area contributed by atoms with E-state index in [4.69, 9.17) is 5.11 Å². The molecule has 0 unspecified atom stereocenters. The minimum atomic E-state index is -0.830. The van der Waals surface area contributed by atoms with Crippen LogP contribution in [-0.4, -0.2) is 111 Å². The Morgan fingerprint density at radius 1 is 0.489 bits per heavy atom. The summed E-state index contributed by atoms with van der Waals surface area (Å²) in [6.45, 7) is 3.68. The van der Waals surface area contributed by atoms with Crippen LogP contribution in [0.3, 0.4) is 0 Å². The Balaban J connectivity index is 0.000000277. The molecule has 4 heterocycles. The number of anilines is 6. The van der Waals surface area contributed by atoms with Crippen molar-refractivity contribution in [2.45, 2.75) is 62.9 Å². The van der Waals surface area contributed by atoms with E-state index < -0.39 is 5.97 Å². The molecule has 0 spiro atoms. The van der Waals surface area contributed by atoms with Crippen molar-refractivity contribution in [2.75, 3.05) is 75.9 Å². The fourth-order valence-corrected chi connectivity index (χ4v) is 11.6. The number of carboxylic acids is 1. The molecule has 2 aromatic heterocycles. The van der Waals surface area contributed by atoms with E-state index in [2.05, 4.69) is 55.7 Å². The Labute approximate surface area is 545 Å². The molecule has 2 fully saturated rings. The Kier molecular flexibility index (Phi) is 28.1. The van der Waals surface area contributed by atoms with Gasteiger partial charge in [-0.05, 0) is 110 Å². The summed E-state index contributed by atoms with van der Waals surface area (Å²) in [5.41, 5.74) is 8.83. The van der Waals surface area contributed by atoms with Gasteiger partial charge in [-0.25, -0.2) is 19.9 Å². The number of piperidine rings is 2. The third kappa shape index (κ3) is 20.6. The average molecular weight is 1240 g/mol. The molecule has 0 saturated carbocycles. The van der Waals surface area contributed by atoms with E-state index in [9.17, 15) is 28.8 Å². The quantitative estimate of drug-likeness (QED) is 0.0183. The summed E-state index contributed by atoms with van der Waals surface area (Å²) in [6, 6.07) is 44.9. The van der Waals surface area contributed by atoms with Crippen molar-refractivity contribution in [3.63, 3.8) is 0 Å². The predicted molar refractivity (Wildman–Crippen MR) is 354 cm³/mol. The van der Waals surface area contributed by atoms with Crippen LogP contribution in [-0.2, 0) is 25.8 Å². The topological polar surface area (TPSA) is 268 Å². The average Bonchev–Trinajstić information content (AvgIpc) is 3.67. The van der Waals surface area contributed by atoms with E-state index >= 15 is 0 Å². The van der Waals surface area contributed by atoms with Crippen LogP contribution >= 0.6 is 23.5 Å². The monoisotopic (exact) mass is 1240 g/mol. The molecular weight excluding hydrogens is 1170 g/mol. The van der Waals surface area contributed by atoms with Crippen molar-refractivity contribution in [2.24, 2.45) is 0 Å². The molecule has 8 aromatic rings. The Bertz CT molecular complexity index is 3660. The van der Waals surface area contributed by atoms with Gasteiger partial charge in [0, 0.05) is 82.8 Å². The number of hydrogen-bond donors (Lipinski definition) is 5. The zero-order valence-corrected chi connectivity index (χ0v) is 52.4. The number of ether oxygens (including phenoxy) is 1. The minimum Gasteiger partial charge on any atom is -0.870 e. The molecule has 4 amide bonds. The number of nitrogens with one attached hydrogen (secondary N) is 4. The first-order valence-electron chi connectivity index (χ1n) is 28.9. The summed E-state index contributed by atoms with van der Waals surface area (Å²) in [7, 11) is 1.38. The van der Waals surface area contributed by atoms with E-state index in [1.165, 1.54) is 31.7 Å². The molecule has 2 aliphatic rings. The van der Waals surface area contributed by atoms with Gasteiger partial charge in [-0.15, -0.1) is 0 Å². The Morgan fingerprint density at radius 2 is 0.889 bits per heavy atom. The van der Waals surface area contributed by atoms with Crippen LogP contribution in [0.4, 0.5) is 34.1 Å². The smallest absolute Gasteiger partial charge is 0.870 e. The van der Waals surface area contributed by atoms with Gasteiger partial charge in [-0.2, -0.15) is 23.5 Å². The summed E-state index contributed by atoms with van der Waals surface area (Å²) >= 11 is 3.10. The second-order valence-corrected chi connectivity index (χ2v) is 22.9. The van der Waals surface area contributed by atoms with Gasteiger partial charge in [0.2, 0.25) is 0 Å². The number of carbonyl (C=O) groups excluding carboxylic acids is 5. The second-order valence-electron chi connectivity index (χ2n) is 20.7. The molecule has 0 bridgehead atoms. The minimum absolute atomic E-state index is 0. The standard InChI is InChI=1S/C34H35N5O4S.C33H33N5O4S.CH3.Li.H2O/c1-43-31(40)15-18-44-23-24-9-8-12-26(19-24)33(41)38-30-14-13-28(39-16-6-3-7-17-39)20-29(30)34(42)37-27-21-35-32(36-22-27)25-10-4-2-5-11-25;39-30(40)14-17-43-22-23-8-7-11-25(18-23)32(41)37-29-13-12-27(38-15-5-2-6-16-38)19-28(29)33(42)36-26-20-34-31(35-21-26)24-9-3-1-4-10-24;;;/h2,4-5,8-14,19-22H,3,6-7,15-18,23H2,1H3,(H,37,42)(H,38,41);1,3-4,7-13,18-21H,2,5-6,14-17,22H2,(H,36,42)(H,37,41)(H,39,40);1H3;;1H2/q;;-1;+1;/p-1. The van der Waals surface area contributed by atoms with Gasteiger partial charge in [0.05, 0.1) is 78.6 Å². The molecule has 0 radical (unpaired) electrons. The van der Waals surface area contributed by atoms with E-state index in [1.54, 1.807) is 72.9 Å². The molecule has 2 saturated heterocycles. The van der Waals surface area contributed by atoms with E-state index in [0.717, 1.165) is 85.5 Å². The van der Waals surface area contributed by atoms with E-state index in [1.807, 2.05) is 109 Å². The number of rotatable bonds is 22. The molecule has 0 aliphatic carbocycles. The normalized spacial score (nSPS) is 12.4. The first-order valence-corrected chi connectivity index (χ1v) is 31.2. The van der Waals surface area contributed by atoms with Gasteiger partial charge in [0.1, 0.15) is 0 Å². The molecule has 2 aliphatic heterocycles. The van der Waals surface area contributed by atoms with E-state index in [-0.39, 0.29) is 67.8 Å². The van der Waals surface area contributed by atoms with Crippen molar-refractivity contribution in [3.8, 4) is 22.8 Å². The van der Waals surface area contributed by atoms with Gasteiger partial charge >= 0.3 is 30.8 Å². The number of carboxylic acid groups (broad SMARTS) is 1. The number of esters is 1. The van der Waals surface area contributed by atoms with Gasteiger partial charge < -0.3 is 53.8 Å². The molecule has 10 rings (SSSR count). The maximum atomic E-state index is 13.6. The number of methoxy groups -OCH3 is 1. The number of thioether (sulfide) groups is 2. The number of benzene rings is 6. The van der Waals surface area contributed by atoms with Crippen LogP contribution in [0.1, 0.15) is 104 Å². The molecule has 19 nitrogen and oxygen atoms in total. The zero-order valence-electron chi connectivity index (χ0n) is 50.7. The molecule has 22 heteroatoms. The van der Waals surface area contributed by atoms with Crippen molar-refractivity contribution in [1.82, 2.24) is 19.9 Å². The maximum Gasteiger partial charge on any atom is 1.00 e. The van der Waals surface area contributed by atoms with Crippen molar-refractivity contribution < 1.29 is 62.9 Å². The molecule has 0 atom stereocenters. The summed E-state index contributed by atoms with van der Waals surface area (Å²) in [4.78, 5) is 98.3. The first kappa shape index (κ1) is 70.2. The number of carbonyl (C=O) groups is 6. The van der Waals surface area contributed by atoms with Crippen LogP contribution in [0.2, 0.25) is 0 Å². The van der Waals surface area contributed by atoms with Crippen LogP contribution in [0.15, 0.2) is 170 Å². The largest absolute Gasteiger partial charge is 1.00 e. The fraction of sp³-hybridized carbons (Fsp3) is 0.250. The van der Waals surface area contributed by atoms with Crippen molar-refractivity contribution in [3.05, 3.63) is 211 Å². The summed E-state index contributed by atoms with van der Waals surface area (Å²) in [6.07, 6.45) is 13.5. The van der Waals surface area contributed by atoms with Crippen LogP contribution < -0.4 is 49.9 Å². The third-order valence-electron chi connectivity index (χ3n) is 14.4. The summed E-state index contributed by atoms with van der Waals surface area (Å²) in [5, 5.41) is 20.5. The molecule has 6 aromatic carbocycles. The predicted octanol–water partition coefficient (Wildman–Crippen LogP) is 10.1. The van der Waals surface area contributed by atoms with Crippen LogP contribution in [0, 0.1) is 7.43 Å². The van der Waals surface area contributed by atoms with Gasteiger partial charge in [-0.1, -0.05) is 84.9 Å². The molecular formula is C68H72LiN10O9S2-. The Morgan fingerprint density at radius 3 is 1.28 bits per heavy atom. The number of hydrogen-bond acceptors (Lipinski definition) is 16. The summed E-state index contributed by atoms with van der Waals surface area (Å²) in [5.74, 6) is 1.01. The van der Waals surface area contributed by atoms with Crippen molar-refractivity contribution in [1.29, 1.82) is 0 Å². The van der Waals surface area contributed by atoms with Gasteiger partial charge in [0.15, 0.2) is 11.6 Å². The zero-order chi connectivity index (χ0) is 60.7. The van der Waals surface area contributed by atoms with Crippen LogP contribution in [0.25, 0.3) is 22.8 Å². The third-order valence-corrected chi connectivity index (χ3v) is 16.4. The number of nitrogens with zero attached hydrogens (tertiary/aromatic N) is 6. The second kappa shape index (κ2) is 36.0. The van der Waals surface area contributed by atoms with Crippen molar-refractivity contribution >= 4 is 93.2 Å². The Hall–Kier alpha value is -8.84. The van der Waals surface area contributed by atoms with Gasteiger partial charge in [0.25, 0.3) is 23.6 Å². The SMILES string of the molecule is COC(=O)CCSCc1cccc(C(=O)Nc2ccc(N3CCCCC3)cc2C(=O)Nc2cnc(-c3ccccc3)nc2)c1.O=C(O)CCSCc1cccc(C(=O)Nc2ccc(N3CCCCC3)cc2C(=O)Nc2cnc(-c3ccccc3)nc2)c1.[CH3-].[Li+].[OH-]. The molecule has 6 N–H and O–H groups in total. The maximum absolute atomic E-state index is 13.6. The van der Waals surface area contributed by atoms with Gasteiger partial charge in [-0.3, -0.25) is 28.8 Å².